The van der Waals surface area contributed by atoms with Gasteiger partial charge in [-0.05, 0) is 18.1 Å². The fraction of sp³-hybridized carbons (Fsp3) is 0.312. The van der Waals surface area contributed by atoms with Crippen LogP contribution in [-0.2, 0) is 6.42 Å². The van der Waals surface area contributed by atoms with Crippen molar-refractivity contribution < 1.29 is 9.47 Å². The van der Waals surface area contributed by atoms with Gasteiger partial charge in [0.15, 0.2) is 23.0 Å². The summed E-state index contributed by atoms with van der Waals surface area (Å²) in [5.74, 6) is 2.80. The second-order valence-electron chi connectivity index (χ2n) is 5.74. The number of H-pyrrole nitrogens is 1. The van der Waals surface area contributed by atoms with Gasteiger partial charge in [-0.25, -0.2) is 4.98 Å². The Kier molecular flexibility index (Phi) is 3.56. The molecule has 1 aliphatic heterocycles. The largest absolute Gasteiger partial charge is 0.493 e. The van der Waals surface area contributed by atoms with Gasteiger partial charge in [0, 0.05) is 12.5 Å². The molecule has 3 heterocycles. The van der Waals surface area contributed by atoms with Gasteiger partial charge in [-0.2, -0.15) is 9.97 Å². The van der Waals surface area contributed by atoms with Crippen molar-refractivity contribution in [2.75, 3.05) is 31.3 Å². The maximum atomic E-state index is 5.90. The van der Waals surface area contributed by atoms with Gasteiger partial charge in [0.1, 0.15) is 5.52 Å². The standard InChI is InChI=1S/C16H18N6O2/c1-23-11-4-2-3-10-5-9(7-24-13(10)11)6-18-14-12-15(20-8-19-12)22-16(17)21-14/h2-4,8-9H,5-7H2,1H3,(H4,17,18,19,20,21,22)/t9-/m0/s1. The number of methoxy groups -OCH3 is 1. The molecule has 0 amide bonds. The third-order valence-corrected chi connectivity index (χ3v) is 4.11. The average molecular weight is 326 g/mol. The third kappa shape index (κ3) is 2.55. The minimum atomic E-state index is 0.201. The number of hydrogen-bond donors (Lipinski definition) is 3. The Morgan fingerprint density at radius 1 is 1.42 bits per heavy atom. The van der Waals surface area contributed by atoms with Crippen molar-refractivity contribution in [3.8, 4) is 11.5 Å². The van der Waals surface area contributed by atoms with E-state index in [1.807, 2.05) is 12.1 Å². The van der Waals surface area contributed by atoms with Crippen molar-refractivity contribution in [3.05, 3.63) is 30.1 Å². The number of anilines is 2. The minimum absolute atomic E-state index is 0.201. The molecule has 2 aromatic heterocycles. The molecule has 1 atom stereocenters. The highest BCUT2D eigenvalue weighted by atomic mass is 16.5. The van der Waals surface area contributed by atoms with E-state index in [-0.39, 0.29) is 5.95 Å². The van der Waals surface area contributed by atoms with Gasteiger partial charge in [-0.1, -0.05) is 12.1 Å². The average Bonchev–Trinajstić information content (AvgIpc) is 3.07. The van der Waals surface area contributed by atoms with E-state index in [1.165, 1.54) is 0 Å². The quantitative estimate of drug-likeness (QED) is 0.668. The first kappa shape index (κ1) is 14.6. The van der Waals surface area contributed by atoms with Gasteiger partial charge in [0.05, 0.1) is 20.0 Å². The topological polar surface area (TPSA) is 111 Å². The van der Waals surface area contributed by atoms with Crippen LogP contribution < -0.4 is 20.5 Å². The molecule has 0 saturated carbocycles. The number of nitrogens with zero attached hydrogens (tertiary/aromatic N) is 3. The normalized spacial score (nSPS) is 16.5. The Bertz CT molecular complexity index is 878. The van der Waals surface area contributed by atoms with Crippen LogP contribution in [0, 0.1) is 5.92 Å². The summed E-state index contributed by atoms with van der Waals surface area (Å²) in [5.41, 5.74) is 8.20. The fourth-order valence-electron chi connectivity index (χ4n) is 2.97. The predicted octanol–water partition coefficient (Wildman–Crippen LogP) is 1.61. The van der Waals surface area contributed by atoms with Crippen LogP contribution in [0.2, 0.25) is 0 Å². The van der Waals surface area contributed by atoms with E-state index in [1.54, 1.807) is 13.4 Å². The molecule has 0 radical (unpaired) electrons. The van der Waals surface area contributed by atoms with Crippen molar-refractivity contribution in [1.82, 2.24) is 19.9 Å². The molecule has 0 saturated heterocycles. The first-order chi connectivity index (χ1) is 11.7. The summed E-state index contributed by atoms with van der Waals surface area (Å²) in [5, 5.41) is 3.33. The zero-order valence-electron chi connectivity index (χ0n) is 13.2. The minimum Gasteiger partial charge on any atom is -0.493 e. The SMILES string of the molecule is COc1cccc2c1OC[C@H](CNc1nc(N)nc3nc[nH]c13)C2. The first-order valence-electron chi connectivity index (χ1n) is 7.73. The highest BCUT2D eigenvalue weighted by molar-refractivity contribution is 5.83. The van der Waals surface area contributed by atoms with Crippen molar-refractivity contribution in [3.63, 3.8) is 0 Å². The molecule has 1 aliphatic rings. The number of para-hydroxylation sites is 1. The number of aromatic nitrogens is 4. The summed E-state index contributed by atoms with van der Waals surface area (Å²) >= 11 is 0. The van der Waals surface area contributed by atoms with Gasteiger partial charge in [-0.15, -0.1) is 0 Å². The predicted molar refractivity (Wildman–Crippen MR) is 90.3 cm³/mol. The summed E-state index contributed by atoms with van der Waals surface area (Å²) in [6.07, 6.45) is 2.49. The molecule has 0 spiro atoms. The molecule has 0 bridgehead atoms. The number of nitrogen functional groups attached to an aromatic ring is 1. The van der Waals surface area contributed by atoms with E-state index in [4.69, 9.17) is 15.2 Å². The number of hydrogen-bond acceptors (Lipinski definition) is 7. The summed E-state index contributed by atoms with van der Waals surface area (Å²) in [6.45, 7) is 1.33. The molecule has 8 nitrogen and oxygen atoms in total. The van der Waals surface area contributed by atoms with Crippen LogP contribution in [0.5, 0.6) is 11.5 Å². The summed E-state index contributed by atoms with van der Waals surface area (Å²) in [7, 11) is 1.65. The van der Waals surface area contributed by atoms with Crippen LogP contribution in [0.15, 0.2) is 24.5 Å². The monoisotopic (exact) mass is 326 g/mol. The number of benzene rings is 1. The molecule has 124 valence electrons. The lowest BCUT2D eigenvalue weighted by atomic mass is 9.96. The third-order valence-electron chi connectivity index (χ3n) is 4.11. The number of aromatic amines is 1. The van der Waals surface area contributed by atoms with E-state index < -0.39 is 0 Å². The molecule has 3 aromatic rings. The Morgan fingerprint density at radius 2 is 2.33 bits per heavy atom. The van der Waals surface area contributed by atoms with Gasteiger partial charge in [0.2, 0.25) is 5.95 Å². The summed E-state index contributed by atoms with van der Waals surface area (Å²) in [4.78, 5) is 15.5. The number of ether oxygens (including phenoxy) is 2. The molecule has 4 rings (SSSR count). The van der Waals surface area contributed by atoms with Crippen LogP contribution in [0.25, 0.3) is 11.2 Å². The van der Waals surface area contributed by atoms with Gasteiger partial charge >= 0.3 is 0 Å². The van der Waals surface area contributed by atoms with Gasteiger partial charge in [0.25, 0.3) is 0 Å². The number of rotatable bonds is 4. The number of fused-ring (bicyclic) bond motifs is 2. The lowest BCUT2D eigenvalue weighted by Crippen LogP contribution is -2.27. The van der Waals surface area contributed by atoms with Gasteiger partial charge in [-0.3, -0.25) is 0 Å². The van der Waals surface area contributed by atoms with Crippen LogP contribution in [-0.4, -0.2) is 40.2 Å². The highest BCUT2D eigenvalue weighted by Crippen LogP contribution is 2.36. The molecule has 1 aromatic carbocycles. The van der Waals surface area contributed by atoms with Crippen molar-refractivity contribution in [2.24, 2.45) is 5.92 Å². The Morgan fingerprint density at radius 3 is 3.21 bits per heavy atom. The lowest BCUT2D eigenvalue weighted by molar-refractivity contribution is 0.218. The molecule has 8 heteroatoms. The van der Waals surface area contributed by atoms with Crippen LogP contribution >= 0.6 is 0 Å². The molecular weight excluding hydrogens is 308 g/mol. The van der Waals surface area contributed by atoms with Crippen molar-refractivity contribution in [1.29, 1.82) is 0 Å². The highest BCUT2D eigenvalue weighted by Gasteiger charge is 2.23. The molecule has 4 N–H and O–H groups in total. The summed E-state index contributed by atoms with van der Waals surface area (Å²) < 4.78 is 11.2. The second-order valence-corrected chi connectivity index (χ2v) is 5.74. The lowest BCUT2D eigenvalue weighted by Gasteiger charge is -2.26. The summed E-state index contributed by atoms with van der Waals surface area (Å²) in [6, 6.07) is 5.96. The van der Waals surface area contributed by atoms with E-state index in [9.17, 15) is 0 Å². The van der Waals surface area contributed by atoms with E-state index >= 15 is 0 Å². The first-order valence-corrected chi connectivity index (χ1v) is 7.73. The zero-order valence-corrected chi connectivity index (χ0v) is 13.2. The van der Waals surface area contributed by atoms with E-state index in [2.05, 4.69) is 31.3 Å². The molecule has 24 heavy (non-hydrogen) atoms. The van der Waals surface area contributed by atoms with Crippen molar-refractivity contribution >= 4 is 22.9 Å². The van der Waals surface area contributed by atoms with Crippen LogP contribution in [0.3, 0.4) is 0 Å². The molecular formula is C16H18N6O2. The van der Waals surface area contributed by atoms with Crippen LogP contribution in [0.1, 0.15) is 5.56 Å². The van der Waals surface area contributed by atoms with E-state index in [0.717, 1.165) is 29.0 Å². The van der Waals surface area contributed by atoms with Gasteiger partial charge < -0.3 is 25.5 Å². The number of imidazole rings is 1. The number of nitrogens with one attached hydrogen (secondary N) is 2. The Hall–Kier alpha value is -3.03. The smallest absolute Gasteiger partial charge is 0.224 e. The van der Waals surface area contributed by atoms with Crippen molar-refractivity contribution in [2.45, 2.75) is 6.42 Å². The maximum Gasteiger partial charge on any atom is 0.224 e. The second kappa shape index (κ2) is 5.88. The molecule has 0 unspecified atom stereocenters. The Labute approximate surface area is 138 Å². The number of nitrogens with two attached hydrogens (primary N) is 1. The van der Waals surface area contributed by atoms with E-state index in [0.29, 0.717) is 30.5 Å². The maximum absolute atomic E-state index is 5.90. The molecule has 0 aliphatic carbocycles. The Balaban J connectivity index is 1.49. The fourth-order valence-corrected chi connectivity index (χ4v) is 2.97. The zero-order chi connectivity index (χ0) is 16.5. The van der Waals surface area contributed by atoms with Crippen LogP contribution in [0.4, 0.5) is 11.8 Å². The molecule has 0 fully saturated rings.